The third-order valence-electron chi connectivity index (χ3n) is 3.20. The van der Waals surface area contributed by atoms with Gasteiger partial charge in [-0.1, -0.05) is 0 Å². The van der Waals surface area contributed by atoms with Crippen LogP contribution >= 0.6 is 0 Å². The molecule has 3 nitrogen and oxygen atoms in total. The smallest absolute Gasteiger partial charge is 0.0684 e. The first-order valence-electron chi connectivity index (χ1n) is 5.72. The molecule has 0 spiro atoms. The molecule has 0 aliphatic carbocycles. The van der Waals surface area contributed by atoms with Crippen LogP contribution in [0.5, 0.6) is 0 Å². The summed E-state index contributed by atoms with van der Waals surface area (Å²) in [6, 6.07) is 2.33. The van der Waals surface area contributed by atoms with Gasteiger partial charge in [0.25, 0.3) is 0 Å². The number of nitrogens with one attached hydrogen (secondary N) is 1. The Labute approximate surface area is 92.8 Å². The Morgan fingerprint density at radius 2 is 2.00 bits per heavy atom. The molecular formula is C12H22N2O. The maximum atomic E-state index is 8.90. The molecule has 1 N–H and O–H groups in total. The lowest BCUT2D eigenvalue weighted by atomic mass is 9.89. The first-order chi connectivity index (χ1) is 6.97. The second-order valence-corrected chi connectivity index (χ2v) is 5.35. The average Bonchev–Trinajstić information content (AvgIpc) is 2.18. The number of hydrogen-bond acceptors (Lipinski definition) is 3. The SMILES string of the molecule is CC(C)(C#N)CCNC1(C)CCOCC1. The van der Waals surface area contributed by atoms with Crippen LogP contribution in [-0.2, 0) is 4.74 Å². The zero-order valence-corrected chi connectivity index (χ0v) is 10.1. The standard InChI is InChI=1S/C12H22N2O/c1-11(2,10-13)4-7-14-12(3)5-8-15-9-6-12/h14H,4-9H2,1-3H3. The fourth-order valence-corrected chi connectivity index (χ4v) is 1.73. The Morgan fingerprint density at radius 1 is 1.40 bits per heavy atom. The van der Waals surface area contributed by atoms with Crippen LogP contribution in [0, 0.1) is 16.7 Å². The minimum absolute atomic E-state index is 0.212. The highest BCUT2D eigenvalue weighted by molar-refractivity contribution is 4.93. The van der Waals surface area contributed by atoms with E-state index >= 15 is 0 Å². The molecule has 1 heterocycles. The largest absolute Gasteiger partial charge is 0.381 e. The van der Waals surface area contributed by atoms with Crippen molar-refractivity contribution in [1.82, 2.24) is 5.32 Å². The van der Waals surface area contributed by atoms with Crippen molar-refractivity contribution in [2.24, 2.45) is 5.41 Å². The topological polar surface area (TPSA) is 45.0 Å². The zero-order chi connectivity index (χ0) is 11.4. The van der Waals surface area contributed by atoms with Crippen molar-refractivity contribution in [3.8, 4) is 6.07 Å². The van der Waals surface area contributed by atoms with E-state index in [9.17, 15) is 0 Å². The summed E-state index contributed by atoms with van der Waals surface area (Å²) in [4.78, 5) is 0. The molecular weight excluding hydrogens is 188 g/mol. The summed E-state index contributed by atoms with van der Waals surface area (Å²) in [5.74, 6) is 0. The van der Waals surface area contributed by atoms with Crippen molar-refractivity contribution in [2.45, 2.75) is 45.6 Å². The molecule has 0 radical (unpaired) electrons. The second-order valence-electron chi connectivity index (χ2n) is 5.35. The number of nitrogens with zero attached hydrogens (tertiary/aromatic N) is 1. The number of hydrogen-bond donors (Lipinski definition) is 1. The predicted molar refractivity (Wildman–Crippen MR) is 60.5 cm³/mol. The maximum Gasteiger partial charge on any atom is 0.0684 e. The van der Waals surface area contributed by atoms with Gasteiger partial charge in [0.05, 0.1) is 11.5 Å². The Bertz CT molecular complexity index is 236. The Kier molecular flexibility index (Phi) is 4.12. The molecule has 3 heteroatoms. The molecule has 0 aromatic rings. The molecule has 0 aromatic carbocycles. The van der Waals surface area contributed by atoms with Crippen LogP contribution < -0.4 is 5.32 Å². The molecule has 1 saturated heterocycles. The molecule has 0 atom stereocenters. The monoisotopic (exact) mass is 210 g/mol. The minimum Gasteiger partial charge on any atom is -0.381 e. The minimum atomic E-state index is -0.214. The fraction of sp³-hybridized carbons (Fsp3) is 0.917. The summed E-state index contributed by atoms with van der Waals surface area (Å²) in [5, 5.41) is 12.5. The maximum absolute atomic E-state index is 8.90. The first-order valence-corrected chi connectivity index (χ1v) is 5.72. The van der Waals surface area contributed by atoms with E-state index in [0.717, 1.165) is 39.0 Å². The van der Waals surface area contributed by atoms with E-state index in [2.05, 4.69) is 18.3 Å². The van der Waals surface area contributed by atoms with E-state index in [4.69, 9.17) is 10.00 Å². The summed E-state index contributed by atoms with van der Waals surface area (Å²) >= 11 is 0. The number of ether oxygens (including phenoxy) is 1. The molecule has 15 heavy (non-hydrogen) atoms. The van der Waals surface area contributed by atoms with E-state index in [1.165, 1.54) is 0 Å². The van der Waals surface area contributed by atoms with Gasteiger partial charge in [-0.2, -0.15) is 5.26 Å². The quantitative estimate of drug-likeness (QED) is 0.772. The van der Waals surface area contributed by atoms with Crippen LogP contribution in [0.1, 0.15) is 40.0 Å². The zero-order valence-electron chi connectivity index (χ0n) is 10.1. The van der Waals surface area contributed by atoms with E-state index in [0.29, 0.717) is 0 Å². The fourth-order valence-electron chi connectivity index (χ4n) is 1.73. The molecule has 0 aromatic heterocycles. The van der Waals surface area contributed by atoms with Gasteiger partial charge in [-0.05, 0) is 46.6 Å². The van der Waals surface area contributed by atoms with E-state index < -0.39 is 0 Å². The molecule has 1 aliphatic rings. The highest BCUT2D eigenvalue weighted by Gasteiger charge is 2.27. The van der Waals surface area contributed by atoms with Crippen molar-refractivity contribution >= 4 is 0 Å². The van der Waals surface area contributed by atoms with Gasteiger partial charge in [0.15, 0.2) is 0 Å². The van der Waals surface area contributed by atoms with Gasteiger partial charge in [-0.3, -0.25) is 0 Å². The molecule has 86 valence electrons. The van der Waals surface area contributed by atoms with Gasteiger partial charge < -0.3 is 10.1 Å². The molecule has 0 bridgehead atoms. The lowest BCUT2D eigenvalue weighted by Crippen LogP contribution is -2.47. The number of rotatable bonds is 4. The summed E-state index contributed by atoms with van der Waals surface area (Å²) < 4.78 is 5.34. The Morgan fingerprint density at radius 3 is 2.53 bits per heavy atom. The van der Waals surface area contributed by atoms with E-state index in [1.54, 1.807) is 0 Å². The predicted octanol–water partition coefficient (Wildman–Crippen LogP) is 2.08. The van der Waals surface area contributed by atoms with Gasteiger partial charge in [-0.25, -0.2) is 0 Å². The number of nitriles is 1. The lowest BCUT2D eigenvalue weighted by molar-refractivity contribution is 0.0447. The summed E-state index contributed by atoms with van der Waals surface area (Å²) in [6.45, 7) is 8.84. The molecule has 0 unspecified atom stereocenters. The van der Waals surface area contributed by atoms with Crippen LogP contribution in [0.25, 0.3) is 0 Å². The van der Waals surface area contributed by atoms with Crippen molar-refractivity contribution in [1.29, 1.82) is 5.26 Å². The average molecular weight is 210 g/mol. The van der Waals surface area contributed by atoms with E-state index in [1.807, 2.05) is 13.8 Å². The van der Waals surface area contributed by atoms with Crippen molar-refractivity contribution in [2.75, 3.05) is 19.8 Å². The molecule has 1 fully saturated rings. The first kappa shape index (κ1) is 12.5. The third kappa shape index (κ3) is 4.19. The molecule has 1 rings (SSSR count). The highest BCUT2D eigenvalue weighted by Crippen LogP contribution is 2.22. The van der Waals surface area contributed by atoms with Crippen molar-refractivity contribution in [3.05, 3.63) is 0 Å². The van der Waals surface area contributed by atoms with Gasteiger partial charge in [0, 0.05) is 18.8 Å². The molecule has 1 aliphatic heterocycles. The van der Waals surface area contributed by atoms with E-state index in [-0.39, 0.29) is 11.0 Å². The second kappa shape index (κ2) is 4.96. The summed E-state index contributed by atoms with van der Waals surface area (Å²) in [5.41, 5.74) is -0.00167. The van der Waals surface area contributed by atoms with Gasteiger partial charge >= 0.3 is 0 Å². The van der Waals surface area contributed by atoms with Crippen LogP contribution in [-0.4, -0.2) is 25.3 Å². The highest BCUT2D eigenvalue weighted by atomic mass is 16.5. The normalized spacial score (nSPS) is 20.9. The Hall–Kier alpha value is -0.590. The van der Waals surface area contributed by atoms with Crippen LogP contribution in [0.3, 0.4) is 0 Å². The van der Waals surface area contributed by atoms with Crippen molar-refractivity contribution < 1.29 is 4.74 Å². The summed E-state index contributed by atoms with van der Waals surface area (Å²) in [6.07, 6.45) is 3.04. The van der Waals surface area contributed by atoms with Gasteiger partial charge in [0.1, 0.15) is 0 Å². The molecule has 0 saturated carbocycles. The van der Waals surface area contributed by atoms with Crippen LogP contribution in [0.15, 0.2) is 0 Å². The third-order valence-corrected chi connectivity index (χ3v) is 3.20. The Balaban J connectivity index is 2.27. The van der Waals surface area contributed by atoms with Crippen LogP contribution in [0.2, 0.25) is 0 Å². The summed E-state index contributed by atoms with van der Waals surface area (Å²) in [7, 11) is 0. The van der Waals surface area contributed by atoms with Crippen molar-refractivity contribution in [3.63, 3.8) is 0 Å². The molecule has 0 amide bonds. The lowest BCUT2D eigenvalue weighted by Gasteiger charge is -2.35. The van der Waals surface area contributed by atoms with Gasteiger partial charge in [-0.15, -0.1) is 0 Å². The van der Waals surface area contributed by atoms with Crippen LogP contribution in [0.4, 0.5) is 0 Å². The van der Waals surface area contributed by atoms with Gasteiger partial charge in [0.2, 0.25) is 0 Å².